The van der Waals surface area contributed by atoms with Crippen molar-refractivity contribution < 1.29 is 52.1 Å². The van der Waals surface area contributed by atoms with Crippen LogP contribution >= 0.6 is 11.3 Å². The molecule has 11 rings (SSSR count). The summed E-state index contributed by atoms with van der Waals surface area (Å²) in [6.07, 6.45) is 9.21. The summed E-state index contributed by atoms with van der Waals surface area (Å²) in [5.41, 5.74) is 3.74. The van der Waals surface area contributed by atoms with E-state index in [4.69, 9.17) is 30.1 Å². The number of ether oxygens (including phenoxy) is 3. The molecule has 0 saturated carbocycles. The lowest BCUT2D eigenvalue weighted by molar-refractivity contribution is -0.141. The number of nitrogens with one attached hydrogen (secondary N) is 1. The van der Waals surface area contributed by atoms with E-state index in [1.807, 2.05) is 83.1 Å². The number of aliphatic hydroxyl groups excluding tert-OH is 1. The molecule has 0 aliphatic carbocycles. The maximum atomic E-state index is 17.3. The van der Waals surface area contributed by atoms with Gasteiger partial charge in [0.1, 0.15) is 52.8 Å². The number of hydrogen-bond donors (Lipinski definition) is 3. The van der Waals surface area contributed by atoms with Crippen LogP contribution in [-0.4, -0.2) is 150 Å². The molecule has 0 radical (unpaired) electrons. The number of anilines is 1. The van der Waals surface area contributed by atoms with Gasteiger partial charge in [0.2, 0.25) is 11.8 Å². The van der Waals surface area contributed by atoms with Crippen LogP contribution in [0.15, 0.2) is 70.8 Å². The molecule has 19 nitrogen and oxygen atoms in total. The van der Waals surface area contributed by atoms with E-state index in [0.717, 1.165) is 60.5 Å². The summed E-state index contributed by atoms with van der Waals surface area (Å²) in [6.45, 7) is 16.5. The van der Waals surface area contributed by atoms with Crippen LogP contribution in [0.5, 0.6) is 17.6 Å². The summed E-state index contributed by atoms with van der Waals surface area (Å²) >= 11 is 1.57. The van der Waals surface area contributed by atoms with Crippen molar-refractivity contribution in [2.24, 2.45) is 11.8 Å². The molecule has 22 heteroatoms. The zero-order chi connectivity index (χ0) is 60.0. The zero-order valence-electron chi connectivity index (χ0n) is 48.7. The summed E-state index contributed by atoms with van der Waals surface area (Å²) in [4.78, 5) is 68.6. The van der Waals surface area contributed by atoms with Gasteiger partial charge in [-0.3, -0.25) is 24.4 Å². The Kier molecular flexibility index (Phi) is 16.7. The number of β-amino-alcohol motifs (C(OH)–C–C–N with tert-alkyl or cyclic N) is 1. The van der Waals surface area contributed by atoms with Crippen molar-refractivity contribution in [1.82, 2.24) is 45.1 Å². The Labute approximate surface area is 495 Å². The molecular formula is C63H70F2N10O9S. The first-order valence-corrected chi connectivity index (χ1v) is 29.9. The predicted molar refractivity (Wildman–Crippen MR) is 316 cm³/mol. The molecule has 0 spiro atoms. The van der Waals surface area contributed by atoms with E-state index in [2.05, 4.69) is 36.2 Å². The number of aliphatic hydroxyl groups is 1. The SMILES string of the molecule is C#Cc1c(F)ccc2cc(O)cc(-c3ncc4c(N5CC6CCC(C5)N6C(=O)OC(C)(C)C)nc(OCCN5CCC(COc6cc([C@H](C(=O)N7C[C@H](O)C[C@H]7C(=O)N[C@@H](C)c7ccc(-c8scnc8C)cc7)C(C)C)on6)CC5)nc4c3F)c12. The van der Waals surface area contributed by atoms with Gasteiger partial charge in [0, 0.05) is 55.8 Å². The fourth-order valence-electron chi connectivity index (χ4n) is 12.4. The molecule has 4 aromatic heterocycles. The predicted octanol–water partition coefficient (Wildman–Crippen LogP) is 9.57. The van der Waals surface area contributed by atoms with Crippen LogP contribution in [-0.2, 0) is 14.3 Å². The first kappa shape index (κ1) is 58.8. The molecule has 6 atom stereocenters. The maximum absolute atomic E-state index is 17.3. The number of likely N-dealkylation sites (tertiary alicyclic amines) is 2. The van der Waals surface area contributed by atoms with Crippen molar-refractivity contribution in [2.45, 2.75) is 122 Å². The van der Waals surface area contributed by atoms with Crippen molar-refractivity contribution in [2.75, 3.05) is 57.4 Å². The van der Waals surface area contributed by atoms with E-state index in [9.17, 15) is 24.6 Å². The number of phenols is 1. The number of piperidine rings is 1. The molecule has 2 bridgehead atoms. The summed E-state index contributed by atoms with van der Waals surface area (Å²) in [5, 5.41) is 29.7. The first-order chi connectivity index (χ1) is 40.7. The van der Waals surface area contributed by atoms with E-state index in [0.29, 0.717) is 48.6 Å². The Bertz CT molecular complexity index is 3670. The molecule has 4 aliphatic heterocycles. The standard InChI is InChI=1S/C63H70F2N10O9S/c1-9-45-48(64)17-14-40-24-43(76)25-46(53(40)45)55-54(65)56-47(28-66-55)58(73-29-41-15-16-42(30-73)75(41)62(80)83-63(6,7)8)70-61(69-56)81-23-22-72-20-18-37(19-21-72)32-82-51-27-50(84-71-51)52(34(2)3)60(79)74-31-44(77)26-49(74)59(78)68-35(4)38-10-12-39(13-11-38)57-36(5)67-33-85-57/h1,10-14,17,24-25,27-28,33-35,37,41-42,44,49,52,76-77H,15-16,18-23,26,29-32H2,2-8H3,(H,68,78)/t35-,41?,42?,44+,49-,52+/m0/s1. The molecule has 3 amide bonds. The van der Waals surface area contributed by atoms with Crippen molar-refractivity contribution in [3.8, 4) is 51.7 Å². The van der Waals surface area contributed by atoms with Crippen molar-refractivity contribution in [1.29, 1.82) is 0 Å². The molecule has 4 aliphatic rings. The number of terminal acetylenes is 1. The van der Waals surface area contributed by atoms with Gasteiger partial charge in [0.05, 0.1) is 57.9 Å². The molecule has 446 valence electrons. The number of fused-ring (bicyclic) bond motifs is 4. The highest BCUT2D eigenvalue weighted by atomic mass is 32.1. The quantitative estimate of drug-likeness (QED) is 0.0767. The minimum Gasteiger partial charge on any atom is -0.508 e. The van der Waals surface area contributed by atoms with Gasteiger partial charge in [-0.1, -0.05) is 50.1 Å². The minimum absolute atomic E-state index is 0.00945. The number of thiazole rings is 1. The number of aromatic nitrogens is 5. The number of aryl methyl sites for hydroxylation is 1. The van der Waals surface area contributed by atoms with Gasteiger partial charge in [0.15, 0.2) is 11.6 Å². The smallest absolute Gasteiger partial charge is 0.410 e. The zero-order valence-corrected chi connectivity index (χ0v) is 49.5. The van der Waals surface area contributed by atoms with Crippen LogP contribution in [0, 0.1) is 42.7 Å². The molecular weight excluding hydrogens is 1110 g/mol. The Balaban J connectivity index is 0.725. The molecule has 4 saturated heterocycles. The summed E-state index contributed by atoms with van der Waals surface area (Å²) in [5.74, 6) is 0.0893. The Hall–Kier alpha value is -8.00. The first-order valence-electron chi connectivity index (χ1n) is 29.0. The molecule has 3 aromatic carbocycles. The summed E-state index contributed by atoms with van der Waals surface area (Å²) in [7, 11) is 0. The topological polar surface area (TPSA) is 222 Å². The molecule has 3 N–H and O–H groups in total. The second kappa shape index (κ2) is 24.2. The monoisotopic (exact) mass is 1180 g/mol. The van der Waals surface area contributed by atoms with Crippen LogP contribution in [0.4, 0.5) is 19.4 Å². The van der Waals surface area contributed by atoms with Crippen LogP contribution < -0.4 is 19.7 Å². The molecule has 8 heterocycles. The molecule has 7 aromatic rings. The number of pyridine rings is 1. The normalized spacial score (nSPS) is 20.0. The van der Waals surface area contributed by atoms with E-state index < -0.39 is 35.3 Å². The van der Waals surface area contributed by atoms with E-state index in [1.54, 1.807) is 22.3 Å². The number of rotatable bonds is 16. The number of benzene rings is 3. The third-order valence-corrected chi connectivity index (χ3v) is 17.7. The Morgan fingerprint density at radius 1 is 0.953 bits per heavy atom. The molecule has 85 heavy (non-hydrogen) atoms. The Morgan fingerprint density at radius 3 is 2.38 bits per heavy atom. The minimum atomic E-state index is -0.877. The molecule has 2 unspecified atom stereocenters. The highest BCUT2D eigenvalue weighted by molar-refractivity contribution is 7.13. The number of aromatic hydroxyl groups is 1. The largest absolute Gasteiger partial charge is 0.508 e. The maximum Gasteiger partial charge on any atom is 0.410 e. The van der Waals surface area contributed by atoms with Gasteiger partial charge < -0.3 is 44.1 Å². The number of hydrogen-bond acceptors (Lipinski definition) is 17. The van der Waals surface area contributed by atoms with Crippen molar-refractivity contribution in [3.63, 3.8) is 0 Å². The summed E-state index contributed by atoms with van der Waals surface area (Å²) in [6, 6.07) is 13.3. The highest BCUT2D eigenvalue weighted by Gasteiger charge is 2.46. The van der Waals surface area contributed by atoms with Crippen LogP contribution in [0.1, 0.15) is 108 Å². The number of halogens is 2. The van der Waals surface area contributed by atoms with Gasteiger partial charge in [-0.2, -0.15) is 9.97 Å². The Morgan fingerprint density at radius 2 is 1.69 bits per heavy atom. The number of amides is 3. The highest BCUT2D eigenvalue weighted by Crippen LogP contribution is 2.41. The second-order valence-corrected chi connectivity index (χ2v) is 25.0. The molecule has 4 fully saturated rings. The van der Waals surface area contributed by atoms with Gasteiger partial charge in [0.25, 0.3) is 5.88 Å². The number of carbonyl (C=O) groups is 3. The third-order valence-electron chi connectivity index (χ3n) is 16.7. The lowest BCUT2D eigenvalue weighted by atomic mass is 9.91. The van der Waals surface area contributed by atoms with Gasteiger partial charge in [-0.05, 0) is 125 Å². The van der Waals surface area contributed by atoms with Crippen molar-refractivity contribution in [3.05, 3.63) is 101 Å². The lowest BCUT2D eigenvalue weighted by Gasteiger charge is -2.42. The van der Waals surface area contributed by atoms with Crippen molar-refractivity contribution >= 4 is 56.7 Å². The third kappa shape index (κ3) is 12.3. The average molecular weight is 1180 g/mol. The number of phenolic OH excluding ortho intramolecular Hbond substituents is 1. The van der Waals surface area contributed by atoms with E-state index in [1.165, 1.54) is 35.4 Å². The van der Waals surface area contributed by atoms with Crippen LogP contribution in [0.2, 0.25) is 0 Å². The fraction of sp³-hybridized carbons (Fsp3) is 0.460. The van der Waals surface area contributed by atoms with E-state index in [-0.39, 0.29) is 113 Å². The van der Waals surface area contributed by atoms with Gasteiger partial charge in [-0.15, -0.1) is 17.8 Å². The van der Waals surface area contributed by atoms with E-state index >= 15 is 8.78 Å². The number of carbonyl (C=O) groups excluding carboxylic acids is 3. The van der Waals surface area contributed by atoms with Gasteiger partial charge >= 0.3 is 12.1 Å². The average Bonchev–Trinajstić information content (AvgIpc) is 1.51. The lowest BCUT2D eigenvalue weighted by Crippen LogP contribution is -2.57. The fourth-order valence-corrected chi connectivity index (χ4v) is 13.2. The van der Waals surface area contributed by atoms with Crippen LogP contribution in [0.3, 0.4) is 0 Å². The number of piperazine rings is 1. The summed E-state index contributed by atoms with van der Waals surface area (Å²) < 4.78 is 56.5. The number of nitrogens with zero attached hydrogens (tertiary/aromatic N) is 9. The second-order valence-electron chi connectivity index (χ2n) is 24.1. The van der Waals surface area contributed by atoms with Crippen LogP contribution in [0.25, 0.3) is 43.4 Å². The van der Waals surface area contributed by atoms with Gasteiger partial charge in [-0.25, -0.2) is 18.6 Å².